The molecule has 0 heterocycles. The Morgan fingerprint density at radius 1 is 1.46 bits per heavy atom. The van der Waals surface area contributed by atoms with Crippen molar-refractivity contribution in [2.45, 2.75) is 13.1 Å². The summed E-state index contributed by atoms with van der Waals surface area (Å²) >= 11 is 0. The Hall–Kier alpha value is -0.780. The minimum absolute atomic E-state index is 0.0494. The molecule has 0 aromatic rings. The van der Waals surface area contributed by atoms with E-state index in [4.69, 9.17) is 4.74 Å². The molecule has 0 aromatic carbocycles. The van der Waals surface area contributed by atoms with Gasteiger partial charge in [-0.05, 0) is 6.92 Å². The monoisotopic (exact) mass is 199 g/mol. The predicted molar refractivity (Wildman–Crippen MR) is 40.2 cm³/mol. The molecule has 0 bridgehead atoms. The number of carbonyl (C=O) groups excluding carboxylic acids is 1. The summed E-state index contributed by atoms with van der Waals surface area (Å²) in [5.41, 5.74) is 0. The van der Waals surface area contributed by atoms with Gasteiger partial charge in [0.2, 0.25) is 0 Å². The first-order chi connectivity index (χ1) is 5.89. The van der Waals surface area contributed by atoms with Crippen LogP contribution in [0.3, 0.4) is 0 Å². The Labute approximate surface area is 74.5 Å². The van der Waals surface area contributed by atoms with Crippen molar-refractivity contribution >= 4 is 5.91 Å². The Kier molecular flexibility index (Phi) is 4.76. The summed E-state index contributed by atoms with van der Waals surface area (Å²) in [6, 6.07) is 0. The lowest BCUT2D eigenvalue weighted by atomic mass is 10.5. The van der Waals surface area contributed by atoms with Crippen LogP contribution < -0.4 is 0 Å². The number of alkyl halides is 3. The Balaban J connectivity index is 3.84. The molecular formula is C7H12F3NO2. The number of ether oxygens (including phenoxy) is 1. The molecule has 0 saturated heterocycles. The molecule has 0 radical (unpaired) electrons. The molecule has 0 aliphatic carbocycles. The van der Waals surface area contributed by atoms with Crippen molar-refractivity contribution in [1.82, 2.24) is 4.90 Å². The SMILES string of the molecule is CCOCCN(C)C(=O)C(F)(F)F. The third-order valence-corrected chi connectivity index (χ3v) is 1.36. The zero-order chi connectivity index (χ0) is 10.5. The summed E-state index contributed by atoms with van der Waals surface area (Å²) in [7, 11) is 1.09. The van der Waals surface area contributed by atoms with Crippen LogP contribution >= 0.6 is 0 Å². The van der Waals surface area contributed by atoms with Gasteiger partial charge < -0.3 is 9.64 Å². The van der Waals surface area contributed by atoms with Crippen molar-refractivity contribution < 1.29 is 22.7 Å². The minimum atomic E-state index is -4.79. The number of amides is 1. The van der Waals surface area contributed by atoms with E-state index in [9.17, 15) is 18.0 Å². The van der Waals surface area contributed by atoms with Gasteiger partial charge in [0.25, 0.3) is 0 Å². The molecule has 0 N–H and O–H groups in total. The number of likely N-dealkylation sites (N-methyl/N-ethyl adjacent to an activating group) is 1. The van der Waals surface area contributed by atoms with E-state index >= 15 is 0 Å². The molecule has 0 aliphatic heterocycles. The molecule has 0 unspecified atom stereocenters. The van der Waals surface area contributed by atoms with Crippen LogP contribution in [0.25, 0.3) is 0 Å². The van der Waals surface area contributed by atoms with Crippen LogP contribution in [0.5, 0.6) is 0 Å². The Morgan fingerprint density at radius 2 is 2.00 bits per heavy atom. The van der Waals surface area contributed by atoms with Crippen molar-refractivity contribution in [2.24, 2.45) is 0 Å². The zero-order valence-corrected chi connectivity index (χ0v) is 7.52. The molecule has 78 valence electrons. The van der Waals surface area contributed by atoms with Gasteiger partial charge in [-0.25, -0.2) is 0 Å². The number of carbonyl (C=O) groups is 1. The fourth-order valence-corrected chi connectivity index (χ4v) is 0.664. The highest BCUT2D eigenvalue weighted by Crippen LogP contribution is 2.17. The van der Waals surface area contributed by atoms with Gasteiger partial charge in [-0.1, -0.05) is 0 Å². The summed E-state index contributed by atoms with van der Waals surface area (Å²) in [5, 5.41) is 0. The van der Waals surface area contributed by atoms with Gasteiger partial charge in [0.1, 0.15) is 0 Å². The Bertz CT molecular complexity index is 170. The van der Waals surface area contributed by atoms with Crippen molar-refractivity contribution in [1.29, 1.82) is 0 Å². The van der Waals surface area contributed by atoms with Crippen LogP contribution in [-0.4, -0.2) is 43.8 Å². The van der Waals surface area contributed by atoms with Gasteiger partial charge in [0, 0.05) is 20.2 Å². The second kappa shape index (κ2) is 5.06. The van der Waals surface area contributed by atoms with Crippen molar-refractivity contribution in [3.63, 3.8) is 0 Å². The maximum absolute atomic E-state index is 11.8. The maximum atomic E-state index is 11.8. The van der Waals surface area contributed by atoms with Crippen molar-refractivity contribution in [3.05, 3.63) is 0 Å². The quantitative estimate of drug-likeness (QED) is 0.633. The minimum Gasteiger partial charge on any atom is -0.380 e. The van der Waals surface area contributed by atoms with Crippen LogP contribution in [0.1, 0.15) is 6.92 Å². The van der Waals surface area contributed by atoms with E-state index < -0.39 is 12.1 Å². The van der Waals surface area contributed by atoms with Gasteiger partial charge in [0.05, 0.1) is 6.61 Å². The van der Waals surface area contributed by atoms with Crippen LogP contribution in [0, 0.1) is 0 Å². The predicted octanol–water partition coefficient (Wildman–Crippen LogP) is 1.04. The highest BCUT2D eigenvalue weighted by molar-refractivity contribution is 5.81. The van der Waals surface area contributed by atoms with Crippen LogP contribution in [0.15, 0.2) is 0 Å². The molecule has 0 atom stereocenters. The number of hydrogen-bond donors (Lipinski definition) is 0. The van der Waals surface area contributed by atoms with Crippen molar-refractivity contribution in [2.75, 3.05) is 26.8 Å². The molecular weight excluding hydrogens is 187 g/mol. The summed E-state index contributed by atoms with van der Waals surface area (Å²) in [4.78, 5) is 11.1. The van der Waals surface area contributed by atoms with E-state index in [1.54, 1.807) is 6.92 Å². The summed E-state index contributed by atoms with van der Waals surface area (Å²) in [5.74, 6) is -1.84. The van der Waals surface area contributed by atoms with Gasteiger partial charge in [0.15, 0.2) is 0 Å². The largest absolute Gasteiger partial charge is 0.471 e. The summed E-state index contributed by atoms with van der Waals surface area (Å²) in [6.07, 6.45) is -4.79. The number of halogens is 3. The number of nitrogens with zero attached hydrogens (tertiary/aromatic N) is 1. The molecule has 3 nitrogen and oxygen atoms in total. The lowest BCUT2D eigenvalue weighted by molar-refractivity contribution is -0.184. The van der Waals surface area contributed by atoms with E-state index in [2.05, 4.69) is 0 Å². The molecule has 13 heavy (non-hydrogen) atoms. The first-order valence-electron chi connectivity index (χ1n) is 3.79. The van der Waals surface area contributed by atoms with Crippen LogP contribution in [0.4, 0.5) is 13.2 Å². The molecule has 0 aromatic heterocycles. The standard InChI is InChI=1S/C7H12F3NO2/c1-3-13-5-4-11(2)6(12)7(8,9)10/h3-5H2,1-2H3. The Morgan fingerprint density at radius 3 is 2.38 bits per heavy atom. The summed E-state index contributed by atoms with van der Waals surface area (Å²) < 4.78 is 40.1. The third-order valence-electron chi connectivity index (χ3n) is 1.36. The van der Waals surface area contributed by atoms with Gasteiger partial charge >= 0.3 is 12.1 Å². The number of rotatable bonds is 4. The first-order valence-corrected chi connectivity index (χ1v) is 3.79. The van der Waals surface area contributed by atoms with E-state index in [0.29, 0.717) is 11.5 Å². The molecule has 0 rings (SSSR count). The summed E-state index contributed by atoms with van der Waals surface area (Å²) in [6.45, 7) is 2.22. The second-order valence-electron chi connectivity index (χ2n) is 2.42. The first kappa shape index (κ1) is 12.2. The molecule has 0 fully saturated rings. The van der Waals surface area contributed by atoms with Gasteiger partial charge in [-0.15, -0.1) is 0 Å². The van der Waals surface area contributed by atoms with Crippen LogP contribution in [0.2, 0.25) is 0 Å². The highest BCUT2D eigenvalue weighted by atomic mass is 19.4. The van der Waals surface area contributed by atoms with E-state index in [0.717, 1.165) is 7.05 Å². The molecule has 0 saturated carbocycles. The van der Waals surface area contributed by atoms with E-state index in [1.165, 1.54) is 0 Å². The average Bonchev–Trinajstić information content (AvgIpc) is 2.01. The van der Waals surface area contributed by atoms with E-state index in [1.807, 2.05) is 0 Å². The normalized spacial score (nSPS) is 11.5. The van der Waals surface area contributed by atoms with E-state index in [-0.39, 0.29) is 13.2 Å². The molecule has 0 aliphatic rings. The fraction of sp³-hybridized carbons (Fsp3) is 0.857. The zero-order valence-electron chi connectivity index (χ0n) is 7.52. The number of hydrogen-bond acceptors (Lipinski definition) is 2. The van der Waals surface area contributed by atoms with Gasteiger partial charge in [-0.2, -0.15) is 13.2 Å². The van der Waals surface area contributed by atoms with Crippen molar-refractivity contribution in [3.8, 4) is 0 Å². The lowest BCUT2D eigenvalue weighted by Crippen LogP contribution is -2.40. The van der Waals surface area contributed by atoms with Crippen LogP contribution in [-0.2, 0) is 9.53 Å². The average molecular weight is 199 g/mol. The maximum Gasteiger partial charge on any atom is 0.471 e. The highest BCUT2D eigenvalue weighted by Gasteiger charge is 2.40. The molecule has 6 heteroatoms. The smallest absolute Gasteiger partial charge is 0.380 e. The topological polar surface area (TPSA) is 29.5 Å². The third kappa shape index (κ3) is 4.72. The van der Waals surface area contributed by atoms with Gasteiger partial charge in [-0.3, -0.25) is 4.79 Å². The fourth-order valence-electron chi connectivity index (χ4n) is 0.664. The second-order valence-corrected chi connectivity index (χ2v) is 2.42. The molecule has 0 spiro atoms. The lowest BCUT2D eigenvalue weighted by Gasteiger charge is -2.18. The molecule has 1 amide bonds.